The fourth-order valence-electron chi connectivity index (χ4n) is 4.22. The van der Waals surface area contributed by atoms with Gasteiger partial charge in [-0.3, -0.25) is 0 Å². The highest BCUT2D eigenvalue weighted by Crippen LogP contribution is 2.20. The number of benzene rings is 3. The zero-order chi connectivity index (χ0) is 24.1. The third-order valence-electron chi connectivity index (χ3n) is 6.25. The number of nitrogens with zero attached hydrogens (tertiary/aromatic N) is 2. The Morgan fingerprint density at radius 3 is 2.29 bits per heavy atom. The van der Waals surface area contributed by atoms with E-state index in [0.29, 0.717) is 0 Å². The maximum absolute atomic E-state index is 5.95. The smallest absolute Gasteiger partial charge is 0.174 e. The van der Waals surface area contributed by atoms with Crippen molar-refractivity contribution >= 4 is 23.0 Å². The van der Waals surface area contributed by atoms with Gasteiger partial charge in [-0.15, -0.1) is 0 Å². The van der Waals surface area contributed by atoms with Crippen LogP contribution in [0.1, 0.15) is 39.1 Å². The van der Waals surface area contributed by atoms with Gasteiger partial charge in [-0.2, -0.15) is 0 Å². The Morgan fingerprint density at radius 2 is 1.53 bits per heavy atom. The molecule has 1 N–H and O–H groups in total. The molecule has 3 aromatic carbocycles. The summed E-state index contributed by atoms with van der Waals surface area (Å²) in [6.45, 7) is 10.9. The molecule has 0 aliphatic carbocycles. The summed E-state index contributed by atoms with van der Waals surface area (Å²) >= 11 is 5.95. The molecule has 4 heteroatoms. The fourth-order valence-corrected chi connectivity index (χ4v) is 4.46. The van der Waals surface area contributed by atoms with Gasteiger partial charge in [0, 0.05) is 30.7 Å². The largest absolute Gasteiger partial charge is 0.345 e. The number of aromatic nitrogens is 1. The number of hydrogen-bond donors (Lipinski definition) is 1. The summed E-state index contributed by atoms with van der Waals surface area (Å²) in [4.78, 5) is 2.25. The monoisotopic (exact) mass is 467 g/mol. The Hall–Kier alpha value is -3.37. The van der Waals surface area contributed by atoms with Gasteiger partial charge in [0.15, 0.2) is 5.11 Å². The Bertz CT molecular complexity index is 1270. The molecule has 0 radical (unpaired) electrons. The third-order valence-corrected chi connectivity index (χ3v) is 6.61. The summed E-state index contributed by atoms with van der Waals surface area (Å²) in [5.41, 5.74) is 9.90. The summed E-state index contributed by atoms with van der Waals surface area (Å²) in [6, 6.07) is 28.0. The molecule has 0 spiro atoms. The number of thiocarbonyl (C=S) groups is 1. The normalized spacial score (nSPS) is 10.8. The first-order valence-electron chi connectivity index (χ1n) is 11.8. The number of anilines is 1. The Labute approximate surface area is 209 Å². The molecule has 0 unspecified atom stereocenters. The SMILES string of the molecule is Cc1ccc(Cn2cccc2CN(Cc2ccccc2)C(=S)Nc2cc(C)ccc2C)c(C)c1. The minimum absolute atomic E-state index is 0.726. The Kier molecular flexibility index (Phi) is 7.49. The molecule has 0 aliphatic rings. The number of aryl methyl sites for hydroxylation is 4. The molecular formula is C30H33N3S. The average Bonchev–Trinajstić information content (AvgIpc) is 3.25. The van der Waals surface area contributed by atoms with E-state index in [-0.39, 0.29) is 0 Å². The van der Waals surface area contributed by atoms with E-state index in [1.165, 1.54) is 39.1 Å². The van der Waals surface area contributed by atoms with E-state index in [1.807, 2.05) is 0 Å². The number of rotatable bonds is 7. The molecule has 0 aliphatic heterocycles. The zero-order valence-corrected chi connectivity index (χ0v) is 21.3. The van der Waals surface area contributed by atoms with Crippen molar-refractivity contribution in [2.45, 2.75) is 47.3 Å². The Morgan fingerprint density at radius 1 is 0.794 bits per heavy atom. The zero-order valence-electron chi connectivity index (χ0n) is 20.5. The summed E-state index contributed by atoms with van der Waals surface area (Å²) in [6.07, 6.45) is 2.16. The van der Waals surface area contributed by atoms with Gasteiger partial charge in [0.25, 0.3) is 0 Å². The highest BCUT2D eigenvalue weighted by molar-refractivity contribution is 7.80. The first-order valence-corrected chi connectivity index (χ1v) is 12.2. The molecule has 34 heavy (non-hydrogen) atoms. The van der Waals surface area contributed by atoms with Gasteiger partial charge >= 0.3 is 0 Å². The van der Waals surface area contributed by atoms with Crippen LogP contribution in [-0.4, -0.2) is 14.6 Å². The van der Waals surface area contributed by atoms with Crippen LogP contribution in [0.25, 0.3) is 0 Å². The van der Waals surface area contributed by atoms with Crippen LogP contribution in [-0.2, 0) is 19.6 Å². The second-order valence-electron chi connectivity index (χ2n) is 9.15. The fraction of sp³-hybridized carbons (Fsp3) is 0.233. The summed E-state index contributed by atoms with van der Waals surface area (Å²) in [7, 11) is 0. The molecule has 0 saturated carbocycles. The summed E-state index contributed by atoms with van der Waals surface area (Å²) in [5, 5.41) is 4.25. The van der Waals surface area contributed by atoms with E-state index in [2.05, 4.69) is 128 Å². The minimum atomic E-state index is 0.726. The van der Waals surface area contributed by atoms with Crippen LogP contribution in [0.2, 0.25) is 0 Å². The van der Waals surface area contributed by atoms with Gasteiger partial charge in [0.1, 0.15) is 0 Å². The van der Waals surface area contributed by atoms with E-state index >= 15 is 0 Å². The van der Waals surface area contributed by atoms with Crippen molar-refractivity contribution in [2.75, 3.05) is 5.32 Å². The molecule has 0 atom stereocenters. The molecular weight excluding hydrogens is 434 g/mol. The van der Waals surface area contributed by atoms with Crippen LogP contribution in [0.15, 0.2) is 85.1 Å². The van der Waals surface area contributed by atoms with Crippen LogP contribution in [0, 0.1) is 27.7 Å². The van der Waals surface area contributed by atoms with Crippen molar-refractivity contribution < 1.29 is 0 Å². The van der Waals surface area contributed by atoms with Crippen molar-refractivity contribution in [3.8, 4) is 0 Å². The van der Waals surface area contributed by atoms with Crippen molar-refractivity contribution in [1.29, 1.82) is 0 Å². The first kappa shape index (κ1) is 23.8. The lowest BCUT2D eigenvalue weighted by Crippen LogP contribution is -2.34. The highest BCUT2D eigenvalue weighted by atomic mass is 32.1. The topological polar surface area (TPSA) is 20.2 Å². The van der Waals surface area contributed by atoms with E-state index in [9.17, 15) is 0 Å². The molecule has 174 valence electrons. The van der Waals surface area contributed by atoms with Gasteiger partial charge in [-0.1, -0.05) is 66.2 Å². The molecule has 1 heterocycles. The lowest BCUT2D eigenvalue weighted by Gasteiger charge is -2.27. The predicted molar refractivity (Wildman–Crippen MR) is 147 cm³/mol. The third kappa shape index (κ3) is 5.95. The first-order chi connectivity index (χ1) is 16.4. The minimum Gasteiger partial charge on any atom is -0.345 e. The van der Waals surface area contributed by atoms with Crippen molar-refractivity contribution in [1.82, 2.24) is 9.47 Å². The molecule has 3 nitrogen and oxygen atoms in total. The second-order valence-corrected chi connectivity index (χ2v) is 9.53. The van der Waals surface area contributed by atoms with Crippen LogP contribution in [0.5, 0.6) is 0 Å². The molecule has 0 amide bonds. The van der Waals surface area contributed by atoms with Gasteiger partial charge in [-0.25, -0.2) is 0 Å². The second kappa shape index (κ2) is 10.7. The van der Waals surface area contributed by atoms with Crippen LogP contribution in [0.3, 0.4) is 0 Å². The molecule has 4 aromatic rings. The predicted octanol–water partition coefficient (Wildman–Crippen LogP) is 7.17. The van der Waals surface area contributed by atoms with Gasteiger partial charge < -0.3 is 14.8 Å². The lowest BCUT2D eigenvalue weighted by atomic mass is 10.1. The molecule has 4 rings (SSSR count). The standard InChI is InChI=1S/C30H33N3S/c1-22-13-15-27(25(4)17-22)20-32-16-8-11-28(32)21-33(19-26-9-6-5-7-10-26)30(34)31-29-18-23(2)12-14-24(29)3/h5-18H,19-21H2,1-4H3,(H,31,34). The van der Waals surface area contributed by atoms with Gasteiger partial charge in [-0.05, 0) is 85.9 Å². The molecule has 0 bridgehead atoms. The van der Waals surface area contributed by atoms with E-state index in [4.69, 9.17) is 12.2 Å². The van der Waals surface area contributed by atoms with Gasteiger partial charge in [0.05, 0.1) is 6.54 Å². The number of hydrogen-bond acceptors (Lipinski definition) is 1. The van der Waals surface area contributed by atoms with Crippen LogP contribution in [0.4, 0.5) is 5.69 Å². The quantitative estimate of drug-likeness (QED) is 0.291. The summed E-state index contributed by atoms with van der Waals surface area (Å²) < 4.78 is 2.33. The highest BCUT2D eigenvalue weighted by Gasteiger charge is 2.15. The van der Waals surface area contributed by atoms with E-state index in [0.717, 1.165) is 30.4 Å². The van der Waals surface area contributed by atoms with Crippen LogP contribution >= 0.6 is 12.2 Å². The molecule has 1 aromatic heterocycles. The van der Waals surface area contributed by atoms with E-state index in [1.54, 1.807) is 0 Å². The molecule has 0 saturated heterocycles. The molecule has 0 fully saturated rings. The van der Waals surface area contributed by atoms with Crippen molar-refractivity contribution in [3.05, 3.63) is 124 Å². The Balaban J connectivity index is 1.58. The maximum Gasteiger partial charge on any atom is 0.174 e. The average molecular weight is 468 g/mol. The maximum atomic E-state index is 5.95. The number of nitrogens with one attached hydrogen (secondary N) is 1. The van der Waals surface area contributed by atoms with E-state index < -0.39 is 0 Å². The lowest BCUT2D eigenvalue weighted by molar-refractivity contribution is 0.399. The van der Waals surface area contributed by atoms with Crippen molar-refractivity contribution in [2.24, 2.45) is 0 Å². The van der Waals surface area contributed by atoms with Crippen LogP contribution < -0.4 is 5.32 Å². The summed E-state index contributed by atoms with van der Waals surface area (Å²) in [5.74, 6) is 0. The van der Waals surface area contributed by atoms with Crippen molar-refractivity contribution in [3.63, 3.8) is 0 Å². The van der Waals surface area contributed by atoms with Gasteiger partial charge in [0.2, 0.25) is 0 Å².